The molecule has 0 aromatic carbocycles. The highest BCUT2D eigenvalue weighted by molar-refractivity contribution is 4.98. The molecule has 0 radical (unpaired) electrons. The Morgan fingerprint density at radius 1 is 1.38 bits per heavy atom. The van der Waals surface area contributed by atoms with Crippen LogP contribution in [-0.2, 0) is 4.74 Å². The van der Waals surface area contributed by atoms with E-state index in [2.05, 4.69) is 32.6 Å². The van der Waals surface area contributed by atoms with E-state index < -0.39 is 0 Å². The van der Waals surface area contributed by atoms with Gasteiger partial charge in [0.05, 0.1) is 6.61 Å². The largest absolute Gasteiger partial charge is 0.381 e. The summed E-state index contributed by atoms with van der Waals surface area (Å²) in [6, 6.07) is 0.222. The third-order valence-corrected chi connectivity index (χ3v) is 4.39. The Hall–Kier alpha value is -0.120. The van der Waals surface area contributed by atoms with Gasteiger partial charge in [0.25, 0.3) is 0 Å². The zero-order chi connectivity index (χ0) is 12.2. The molecule has 1 aliphatic heterocycles. The van der Waals surface area contributed by atoms with Crippen LogP contribution in [0.4, 0.5) is 0 Å². The lowest BCUT2D eigenvalue weighted by atomic mass is 9.79. The van der Waals surface area contributed by atoms with Crippen molar-refractivity contribution < 1.29 is 4.74 Å². The van der Waals surface area contributed by atoms with Gasteiger partial charge in [0.15, 0.2) is 0 Å². The molecule has 3 heteroatoms. The van der Waals surface area contributed by atoms with Gasteiger partial charge >= 0.3 is 0 Å². The maximum absolute atomic E-state index is 6.50. The molecule has 0 spiro atoms. The van der Waals surface area contributed by atoms with Crippen LogP contribution < -0.4 is 5.73 Å². The van der Waals surface area contributed by atoms with E-state index >= 15 is 0 Å². The predicted molar refractivity (Wildman–Crippen MR) is 68.5 cm³/mol. The molecule has 1 rings (SSSR count). The fraction of sp³-hybridized carbons (Fsp3) is 1.00. The number of hydrogen-bond acceptors (Lipinski definition) is 3. The van der Waals surface area contributed by atoms with Gasteiger partial charge in [-0.15, -0.1) is 0 Å². The summed E-state index contributed by atoms with van der Waals surface area (Å²) in [6.07, 6.45) is 2.23. The van der Waals surface area contributed by atoms with E-state index in [1.165, 1.54) is 0 Å². The van der Waals surface area contributed by atoms with Crippen molar-refractivity contribution in [3.63, 3.8) is 0 Å². The van der Waals surface area contributed by atoms with Crippen LogP contribution in [0.3, 0.4) is 0 Å². The van der Waals surface area contributed by atoms with Crippen LogP contribution in [0.15, 0.2) is 0 Å². The van der Waals surface area contributed by atoms with Gasteiger partial charge in [-0.3, -0.25) is 4.90 Å². The molecule has 3 atom stereocenters. The third-order valence-electron chi connectivity index (χ3n) is 4.39. The van der Waals surface area contributed by atoms with E-state index in [0.717, 1.165) is 39.1 Å². The second-order valence-corrected chi connectivity index (χ2v) is 5.03. The molecule has 0 aromatic rings. The van der Waals surface area contributed by atoms with Gasteiger partial charge in [0, 0.05) is 24.1 Å². The molecule has 1 fully saturated rings. The van der Waals surface area contributed by atoms with E-state index in [-0.39, 0.29) is 11.6 Å². The van der Waals surface area contributed by atoms with Crippen LogP contribution in [0, 0.1) is 5.92 Å². The molecule has 0 amide bonds. The summed E-state index contributed by atoms with van der Waals surface area (Å²) in [5.41, 5.74) is 6.61. The molecule has 96 valence electrons. The summed E-state index contributed by atoms with van der Waals surface area (Å²) < 4.78 is 5.47. The SMILES string of the molecule is CCN(CC)C(C)(CC)C(N)C1CCOC1. The second kappa shape index (κ2) is 5.99. The predicted octanol–water partition coefficient (Wildman–Crippen LogP) is 1.86. The van der Waals surface area contributed by atoms with Gasteiger partial charge in [0.1, 0.15) is 0 Å². The Kier molecular flexibility index (Phi) is 5.22. The average Bonchev–Trinajstić information content (AvgIpc) is 2.82. The summed E-state index contributed by atoms with van der Waals surface area (Å²) in [5.74, 6) is 0.533. The molecule has 1 heterocycles. The van der Waals surface area contributed by atoms with Crippen LogP contribution in [0.25, 0.3) is 0 Å². The van der Waals surface area contributed by atoms with E-state index in [1.807, 2.05) is 0 Å². The lowest BCUT2D eigenvalue weighted by Gasteiger charge is -2.46. The van der Waals surface area contributed by atoms with E-state index in [4.69, 9.17) is 10.5 Å². The fourth-order valence-electron chi connectivity index (χ4n) is 2.96. The van der Waals surface area contributed by atoms with Gasteiger partial charge in [-0.05, 0) is 32.9 Å². The van der Waals surface area contributed by atoms with Crippen molar-refractivity contribution in [1.29, 1.82) is 0 Å². The van der Waals surface area contributed by atoms with Gasteiger partial charge in [0.2, 0.25) is 0 Å². The first kappa shape index (κ1) is 13.9. The smallest absolute Gasteiger partial charge is 0.0510 e. The Bertz CT molecular complexity index is 200. The van der Waals surface area contributed by atoms with E-state index in [0.29, 0.717) is 5.92 Å². The molecule has 0 bridgehead atoms. The maximum Gasteiger partial charge on any atom is 0.0510 e. The summed E-state index contributed by atoms with van der Waals surface area (Å²) in [5, 5.41) is 0. The van der Waals surface area contributed by atoms with Crippen LogP contribution in [0.5, 0.6) is 0 Å². The molecule has 3 nitrogen and oxygen atoms in total. The molecular weight excluding hydrogens is 200 g/mol. The van der Waals surface area contributed by atoms with Crippen LogP contribution in [-0.4, -0.2) is 42.8 Å². The highest BCUT2D eigenvalue weighted by Crippen LogP contribution is 2.30. The molecule has 16 heavy (non-hydrogen) atoms. The number of nitrogens with two attached hydrogens (primary N) is 1. The third kappa shape index (κ3) is 2.58. The highest BCUT2D eigenvalue weighted by atomic mass is 16.5. The minimum atomic E-state index is 0.113. The number of hydrogen-bond donors (Lipinski definition) is 1. The number of nitrogens with zero attached hydrogens (tertiary/aromatic N) is 1. The average molecular weight is 228 g/mol. The van der Waals surface area contributed by atoms with Gasteiger partial charge in [-0.25, -0.2) is 0 Å². The highest BCUT2D eigenvalue weighted by Gasteiger charge is 2.40. The zero-order valence-electron chi connectivity index (χ0n) is 11.3. The van der Waals surface area contributed by atoms with Crippen molar-refractivity contribution in [3.05, 3.63) is 0 Å². The number of likely N-dealkylation sites (N-methyl/N-ethyl adjacent to an activating group) is 1. The Labute approximate surface area is 100 Å². The van der Waals surface area contributed by atoms with Gasteiger partial charge in [-0.1, -0.05) is 20.8 Å². The number of rotatable bonds is 6. The maximum atomic E-state index is 6.50. The summed E-state index contributed by atoms with van der Waals surface area (Å²) >= 11 is 0. The van der Waals surface area contributed by atoms with E-state index in [9.17, 15) is 0 Å². The van der Waals surface area contributed by atoms with Crippen LogP contribution in [0.1, 0.15) is 40.5 Å². The quantitative estimate of drug-likeness (QED) is 0.754. The Morgan fingerprint density at radius 3 is 2.38 bits per heavy atom. The molecular formula is C13H28N2O. The zero-order valence-corrected chi connectivity index (χ0v) is 11.3. The summed E-state index contributed by atoms with van der Waals surface area (Å²) in [6.45, 7) is 12.9. The molecule has 0 aliphatic carbocycles. The monoisotopic (exact) mass is 228 g/mol. The fourth-order valence-corrected chi connectivity index (χ4v) is 2.96. The van der Waals surface area contributed by atoms with Crippen molar-refractivity contribution in [1.82, 2.24) is 4.90 Å². The molecule has 2 N–H and O–H groups in total. The lowest BCUT2D eigenvalue weighted by Crippen LogP contribution is -2.60. The van der Waals surface area contributed by atoms with Crippen molar-refractivity contribution in [3.8, 4) is 0 Å². The summed E-state index contributed by atoms with van der Waals surface area (Å²) in [7, 11) is 0. The molecule has 0 saturated carbocycles. The first-order valence-corrected chi connectivity index (χ1v) is 6.68. The van der Waals surface area contributed by atoms with Crippen molar-refractivity contribution >= 4 is 0 Å². The Balaban J connectivity index is 2.76. The molecule has 0 aromatic heterocycles. The Morgan fingerprint density at radius 2 is 2.00 bits per heavy atom. The van der Waals surface area contributed by atoms with Crippen molar-refractivity contribution in [2.24, 2.45) is 11.7 Å². The van der Waals surface area contributed by atoms with Crippen LogP contribution >= 0.6 is 0 Å². The van der Waals surface area contributed by atoms with Crippen molar-refractivity contribution in [2.75, 3.05) is 26.3 Å². The topological polar surface area (TPSA) is 38.5 Å². The summed E-state index contributed by atoms with van der Waals surface area (Å²) in [4.78, 5) is 2.50. The first-order valence-electron chi connectivity index (χ1n) is 6.68. The second-order valence-electron chi connectivity index (χ2n) is 5.03. The minimum Gasteiger partial charge on any atom is -0.381 e. The van der Waals surface area contributed by atoms with Gasteiger partial charge in [-0.2, -0.15) is 0 Å². The number of ether oxygens (including phenoxy) is 1. The standard InChI is InChI=1S/C13H28N2O/c1-5-13(4,15(6-2)7-3)12(14)11-8-9-16-10-11/h11-12H,5-10,14H2,1-4H3. The van der Waals surface area contributed by atoms with Crippen LogP contribution in [0.2, 0.25) is 0 Å². The molecule has 1 aliphatic rings. The molecule has 3 unspecified atom stereocenters. The van der Waals surface area contributed by atoms with Crippen molar-refractivity contribution in [2.45, 2.75) is 52.1 Å². The minimum absolute atomic E-state index is 0.113. The van der Waals surface area contributed by atoms with E-state index in [1.54, 1.807) is 0 Å². The lowest BCUT2D eigenvalue weighted by molar-refractivity contribution is 0.0578. The van der Waals surface area contributed by atoms with Gasteiger partial charge < -0.3 is 10.5 Å². The normalized spacial score (nSPS) is 27.0. The first-order chi connectivity index (χ1) is 7.60. The molecule has 1 saturated heterocycles.